The molecule has 0 saturated carbocycles. The largest absolute Gasteiger partial charge is 0.349 e. The van der Waals surface area contributed by atoms with Gasteiger partial charge in [0.05, 0.1) is 0 Å². The molecule has 1 amide bonds. The fourth-order valence-electron chi connectivity index (χ4n) is 0.455. The number of carbonyl (C=O) groups excluding carboxylic acids is 1. The topological polar surface area (TPSA) is 41.1 Å². The van der Waals surface area contributed by atoms with Crippen molar-refractivity contribution < 1.29 is 13.0 Å². The summed E-state index contributed by atoms with van der Waals surface area (Å²) in [5, 5.41) is 3.74. The van der Waals surface area contributed by atoms with E-state index in [9.17, 15) is 4.79 Å². The zero-order valence-electron chi connectivity index (χ0n) is 10.3. The Morgan fingerprint density at radius 1 is 1.78 bits per heavy atom. The molecule has 2 N–H and O–H groups in total. The van der Waals surface area contributed by atoms with Crippen LogP contribution in [0.4, 0.5) is 0 Å². The zero-order valence-corrected chi connectivity index (χ0v) is 5.13. The summed E-state index contributed by atoms with van der Waals surface area (Å²) in [6.45, 7) is -6.02. The first kappa shape index (κ1) is 2.20. The van der Waals surface area contributed by atoms with Crippen molar-refractivity contribution in [1.82, 2.24) is 10.6 Å². The first-order valence-corrected chi connectivity index (χ1v) is 2.57. The average molecular weight is 150 g/mol. The molecule has 1 aliphatic rings. The van der Waals surface area contributed by atoms with Crippen molar-refractivity contribution in [3.05, 3.63) is 0 Å². The highest BCUT2D eigenvalue weighted by Crippen LogP contribution is 2.06. The van der Waals surface area contributed by atoms with E-state index in [4.69, 9.17) is 8.22 Å². The Morgan fingerprint density at radius 3 is 2.67 bits per heavy atom. The summed E-state index contributed by atoms with van der Waals surface area (Å²) in [6.07, 6.45) is 0. The molecule has 1 rings (SSSR count). The molecule has 0 aromatic rings. The fraction of sp³-hybridized carbons (Fsp3) is 0.600. The second-order valence-electron chi connectivity index (χ2n) is 1.66. The van der Waals surface area contributed by atoms with Gasteiger partial charge in [-0.3, -0.25) is 4.79 Å². The third-order valence-electron chi connectivity index (χ3n) is 0.869. The Bertz CT molecular complexity index is 306. The van der Waals surface area contributed by atoms with Gasteiger partial charge in [-0.25, -0.2) is 0 Å². The maximum Gasteiger partial charge on any atom is 0.251 e. The normalized spacial score (nSPS) is 36.0. The highest BCUT2D eigenvalue weighted by atomic mass is 32.1. The van der Waals surface area contributed by atoms with Gasteiger partial charge >= 0.3 is 0 Å². The van der Waals surface area contributed by atoms with E-state index in [1.54, 1.807) is 0 Å². The second kappa shape index (κ2) is 1.67. The quantitative estimate of drug-likeness (QED) is 0.469. The number of carbonyl (C=O) groups is 1. The number of rotatable bonds is 0. The highest BCUT2D eigenvalue weighted by Gasteiger charge is 2.34. The number of hydrogen-bond acceptors (Lipinski definition) is 2. The lowest BCUT2D eigenvalue weighted by Gasteiger charge is -2.12. The monoisotopic (exact) mass is 150 g/mol. The van der Waals surface area contributed by atoms with Gasteiger partial charge in [-0.15, -0.1) is 0 Å². The summed E-state index contributed by atoms with van der Waals surface area (Å²) in [6, 6.07) is 0. The minimum absolute atomic E-state index is 0.285. The standard InChI is InChI=1S/C5H8N2OS/c1-5(2)3(8)6-4(9)7-5/h1-2H3,(H2,6,7,8,9)/i1D3,2D3. The third kappa shape index (κ3) is 1.03. The van der Waals surface area contributed by atoms with Crippen LogP contribution in [0.5, 0.6) is 0 Å². The van der Waals surface area contributed by atoms with Crippen LogP contribution in [0, 0.1) is 0 Å². The van der Waals surface area contributed by atoms with Crippen LogP contribution in [-0.4, -0.2) is 16.6 Å². The van der Waals surface area contributed by atoms with Gasteiger partial charge in [-0.1, -0.05) is 0 Å². The Hall–Kier alpha value is -0.640. The molecule has 0 aliphatic carbocycles. The maximum atomic E-state index is 11.4. The van der Waals surface area contributed by atoms with Crippen LogP contribution in [-0.2, 0) is 4.79 Å². The Morgan fingerprint density at radius 2 is 2.44 bits per heavy atom. The number of thiocarbonyl (C=S) groups is 1. The van der Waals surface area contributed by atoms with Crippen LogP contribution in [0.2, 0.25) is 0 Å². The fourth-order valence-corrected chi connectivity index (χ4v) is 0.701. The van der Waals surface area contributed by atoms with Gasteiger partial charge in [0.15, 0.2) is 5.11 Å². The SMILES string of the molecule is [2H]C([2H])([2H])C1(C([2H])([2H])[2H])NC(=S)NC1=O. The molecule has 50 valence electrons. The lowest BCUT2D eigenvalue weighted by Crippen LogP contribution is -2.39. The molecule has 1 aliphatic heterocycles. The van der Waals surface area contributed by atoms with Crippen molar-refractivity contribution in [3.8, 4) is 0 Å². The second-order valence-corrected chi connectivity index (χ2v) is 2.07. The first-order valence-electron chi connectivity index (χ1n) is 5.16. The molecule has 0 bridgehead atoms. The molecule has 9 heavy (non-hydrogen) atoms. The molecular formula is C5H8N2OS. The molecule has 0 radical (unpaired) electrons. The predicted molar refractivity (Wildman–Crippen MR) is 38.0 cm³/mol. The van der Waals surface area contributed by atoms with Gasteiger partial charge in [-0.05, 0) is 25.9 Å². The smallest absolute Gasteiger partial charge is 0.251 e. The molecule has 1 fully saturated rings. The van der Waals surface area contributed by atoms with Crippen molar-refractivity contribution in [3.63, 3.8) is 0 Å². The minimum Gasteiger partial charge on any atom is -0.349 e. The molecule has 0 unspecified atom stereocenters. The van der Waals surface area contributed by atoms with Crippen molar-refractivity contribution >= 4 is 23.2 Å². The van der Waals surface area contributed by atoms with Gasteiger partial charge in [0, 0.05) is 8.22 Å². The molecule has 0 atom stereocenters. The molecule has 1 saturated heterocycles. The minimum atomic E-state index is -3.01. The highest BCUT2D eigenvalue weighted by molar-refractivity contribution is 7.80. The van der Waals surface area contributed by atoms with E-state index < -0.39 is 25.1 Å². The lowest BCUT2D eigenvalue weighted by atomic mass is 10.1. The number of hydrogen-bond donors (Lipinski definition) is 2. The van der Waals surface area contributed by atoms with Crippen LogP contribution in [0.25, 0.3) is 0 Å². The van der Waals surface area contributed by atoms with Gasteiger partial charge in [0.1, 0.15) is 5.54 Å². The number of nitrogens with one attached hydrogen (secondary N) is 2. The van der Waals surface area contributed by atoms with Gasteiger partial charge in [-0.2, -0.15) is 0 Å². The van der Waals surface area contributed by atoms with E-state index in [0.717, 1.165) is 0 Å². The van der Waals surface area contributed by atoms with Gasteiger partial charge in [0.25, 0.3) is 5.91 Å². The van der Waals surface area contributed by atoms with E-state index in [1.807, 2.05) is 10.6 Å². The lowest BCUT2D eigenvalue weighted by molar-refractivity contribution is -0.122. The summed E-state index contributed by atoms with van der Waals surface area (Å²) in [4.78, 5) is 11.4. The Labute approximate surface area is 67.2 Å². The third-order valence-corrected chi connectivity index (χ3v) is 1.07. The van der Waals surface area contributed by atoms with E-state index in [2.05, 4.69) is 12.2 Å². The first-order chi connectivity index (χ1) is 6.52. The molecule has 0 aromatic carbocycles. The van der Waals surface area contributed by atoms with E-state index in [1.165, 1.54) is 0 Å². The molecular weight excluding hydrogens is 136 g/mol. The van der Waals surface area contributed by atoms with Crippen molar-refractivity contribution in [2.75, 3.05) is 0 Å². The van der Waals surface area contributed by atoms with Crippen LogP contribution in [0.3, 0.4) is 0 Å². The van der Waals surface area contributed by atoms with E-state index in [-0.39, 0.29) is 5.11 Å². The van der Waals surface area contributed by atoms with Crippen LogP contribution < -0.4 is 10.6 Å². The summed E-state index contributed by atoms with van der Waals surface area (Å²) < 4.78 is 42.9. The van der Waals surface area contributed by atoms with Crippen LogP contribution in [0.15, 0.2) is 0 Å². The zero-order chi connectivity index (χ0) is 12.1. The van der Waals surface area contributed by atoms with E-state index >= 15 is 0 Å². The van der Waals surface area contributed by atoms with Crippen molar-refractivity contribution in [1.29, 1.82) is 0 Å². The van der Waals surface area contributed by atoms with Crippen LogP contribution >= 0.6 is 12.2 Å². The Balaban J connectivity index is 3.33. The molecule has 4 heteroatoms. The molecule has 3 nitrogen and oxygen atoms in total. The van der Waals surface area contributed by atoms with E-state index in [0.29, 0.717) is 0 Å². The van der Waals surface area contributed by atoms with Gasteiger partial charge in [0.2, 0.25) is 0 Å². The van der Waals surface area contributed by atoms with Crippen LogP contribution in [0.1, 0.15) is 21.9 Å². The maximum absolute atomic E-state index is 11.4. The predicted octanol–water partition coefficient (Wildman–Crippen LogP) is -0.231. The number of amides is 1. The molecule has 1 heterocycles. The molecule has 0 spiro atoms. The summed E-state index contributed by atoms with van der Waals surface area (Å²) in [5.74, 6) is -1.15. The summed E-state index contributed by atoms with van der Waals surface area (Å²) >= 11 is 4.54. The van der Waals surface area contributed by atoms with Gasteiger partial charge < -0.3 is 10.6 Å². The Kier molecular flexibility index (Phi) is 0.407. The summed E-state index contributed by atoms with van der Waals surface area (Å²) in [5.41, 5.74) is -2.64. The summed E-state index contributed by atoms with van der Waals surface area (Å²) in [7, 11) is 0. The molecule has 0 aromatic heterocycles. The van der Waals surface area contributed by atoms with Crippen molar-refractivity contribution in [2.24, 2.45) is 0 Å². The average Bonchev–Trinajstić information content (AvgIpc) is 2.23. The van der Waals surface area contributed by atoms with Crippen molar-refractivity contribution in [2.45, 2.75) is 19.2 Å².